The number of rotatable bonds is 6. The molecule has 0 fully saturated rings. The first-order chi connectivity index (χ1) is 9.99. The summed E-state index contributed by atoms with van der Waals surface area (Å²) in [5.74, 6) is -0.354. The Kier molecular flexibility index (Phi) is 4.52. The number of nitrogens with zero attached hydrogens (tertiary/aromatic N) is 3. The second-order valence-corrected chi connectivity index (χ2v) is 5.37. The maximum atomic E-state index is 14.0. The third kappa shape index (κ3) is 3.36. The van der Waals surface area contributed by atoms with Gasteiger partial charge in [-0.05, 0) is 19.4 Å². The molecule has 0 amide bonds. The van der Waals surface area contributed by atoms with E-state index in [9.17, 15) is 9.50 Å². The van der Waals surface area contributed by atoms with Crippen LogP contribution in [0.2, 0.25) is 0 Å². The van der Waals surface area contributed by atoms with Gasteiger partial charge in [0.05, 0.1) is 23.0 Å². The molecule has 0 radical (unpaired) electrons. The van der Waals surface area contributed by atoms with E-state index in [1.54, 1.807) is 6.07 Å². The van der Waals surface area contributed by atoms with E-state index in [-0.39, 0.29) is 23.8 Å². The fourth-order valence-corrected chi connectivity index (χ4v) is 2.18. The first-order valence-electron chi connectivity index (χ1n) is 6.96. The molecule has 2 aromatic heterocycles. The molecule has 0 bridgehead atoms. The lowest BCUT2D eigenvalue weighted by Crippen LogP contribution is -2.39. The van der Waals surface area contributed by atoms with Gasteiger partial charge in [0.25, 0.3) is 0 Å². The number of hydrogen-bond acceptors (Lipinski definition) is 6. The molecule has 0 saturated carbocycles. The van der Waals surface area contributed by atoms with Gasteiger partial charge in [0, 0.05) is 6.20 Å². The fourth-order valence-electron chi connectivity index (χ4n) is 2.18. The molecule has 2 heterocycles. The number of fused-ring (bicyclic) bond motifs is 1. The van der Waals surface area contributed by atoms with Crippen LogP contribution in [-0.2, 0) is 0 Å². The van der Waals surface area contributed by atoms with Gasteiger partial charge in [-0.15, -0.1) is 0 Å². The van der Waals surface area contributed by atoms with Gasteiger partial charge in [-0.1, -0.05) is 19.8 Å². The minimum absolute atomic E-state index is 0.0476. The minimum atomic E-state index is -0.661. The minimum Gasteiger partial charge on any atom is -0.394 e. The number of nitrogens with one attached hydrogen (secondary N) is 1. The zero-order valence-electron chi connectivity index (χ0n) is 12.2. The number of nitrogens with two attached hydrogens (primary N) is 1. The fraction of sp³-hybridized carbons (Fsp3) is 0.500. The Morgan fingerprint density at radius 1 is 1.43 bits per heavy atom. The zero-order valence-corrected chi connectivity index (χ0v) is 12.2. The third-order valence-corrected chi connectivity index (χ3v) is 3.43. The average Bonchev–Trinajstić information content (AvgIpc) is 2.44. The van der Waals surface area contributed by atoms with Crippen LogP contribution in [0.5, 0.6) is 0 Å². The standard InChI is InChI=1S/C14H20FN5O/c1-3-4-6-14(2,8-21)20-12-10-9(18-13(16)19-12)5-7-17-11(10)15/h5,7,21H,3-4,6,8H2,1-2H3,(H3,16,18,19,20)/t14-/m1/s1. The number of unbranched alkanes of at least 4 members (excludes halogenated alkanes) is 1. The van der Waals surface area contributed by atoms with E-state index in [1.807, 2.05) is 6.92 Å². The van der Waals surface area contributed by atoms with Crippen LogP contribution < -0.4 is 11.1 Å². The highest BCUT2D eigenvalue weighted by atomic mass is 19.1. The quantitative estimate of drug-likeness (QED) is 0.706. The van der Waals surface area contributed by atoms with Gasteiger partial charge in [0.2, 0.25) is 11.9 Å². The lowest BCUT2D eigenvalue weighted by Gasteiger charge is -2.29. The summed E-state index contributed by atoms with van der Waals surface area (Å²) in [4.78, 5) is 11.7. The molecule has 7 heteroatoms. The molecule has 1 atom stereocenters. The van der Waals surface area contributed by atoms with Gasteiger partial charge in [0.15, 0.2) is 0 Å². The van der Waals surface area contributed by atoms with Crippen molar-refractivity contribution in [3.05, 3.63) is 18.2 Å². The van der Waals surface area contributed by atoms with Crippen LogP contribution in [0.3, 0.4) is 0 Å². The molecule has 0 aliphatic carbocycles. The molecule has 0 unspecified atom stereocenters. The van der Waals surface area contributed by atoms with Gasteiger partial charge < -0.3 is 16.2 Å². The van der Waals surface area contributed by atoms with E-state index in [2.05, 4.69) is 27.2 Å². The van der Waals surface area contributed by atoms with Crippen LogP contribution in [0.25, 0.3) is 10.9 Å². The summed E-state index contributed by atoms with van der Waals surface area (Å²) in [5.41, 5.74) is 5.45. The molecule has 2 rings (SSSR count). The summed E-state index contributed by atoms with van der Waals surface area (Å²) >= 11 is 0. The van der Waals surface area contributed by atoms with Gasteiger partial charge in [-0.2, -0.15) is 9.37 Å². The van der Waals surface area contributed by atoms with E-state index in [0.717, 1.165) is 19.3 Å². The molecule has 21 heavy (non-hydrogen) atoms. The highest BCUT2D eigenvalue weighted by molar-refractivity contribution is 5.89. The van der Waals surface area contributed by atoms with Crippen LogP contribution in [0.1, 0.15) is 33.1 Å². The smallest absolute Gasteiger partial charge is 0.226 e. The van der Waals surface area contributed by atoms with E-state index < -0.39 is 11.5 Å². The van der Waals surface area contributed by atoms with E-state index in [4.69, 9.17) is 5.73 Å². The van der Waals surface area contributed by atoms with Gasteiger partial charge in [0.1, 0.15) is 5.82 Å². The van der Waals surface area contributed by atoms with Crippen molar-refractivity contribution in [3.8, 4) is 0 Å². The Bertz CT molecular complexity index is 636. The van der Waals surface area contributed by atoms with Gasteiger partial charge >= 0.3 is 0 Å². The predicted molar refractivity (Wildman–Crippen MR) is 80.3 cm³/mol. The highest BCUT2D eigenvalue weighted by Gasteiger charge is 2.25. The van der Waals surface area contributed by atoms with Crippen molar-refractivity contribution in [2.45, 2.75) is 38.6 Å². The summed E-state index contributed by atoms with van der Waals surface area (Å²) in [6.45, 7) is 3.83. The number of aromatic nitrogens is 3. The normalized spacial score (nSPS) is 14.1. The van der Waals surface area contributed by atoms with E-state index >= 15 is 0 Å². The Hall–Kier alpha value is -2.02. The van der Waals surface area contributed by atoms with Crippen molar-refractivity contribution in [2.24, 2.45) is 0 Å². The SMILES string of the molecule is CCCC[C@](C)(CO)Nc1nc(N)nc2ccnc(F)c12. The number of pyridine rings is 1. The molecular formula is C14H20FN5O. The number of aliphatic hydroxyl groups is 1. The second kappa shape index (κ2) is 6.17. The van der Waals surface area contributed by atoms with Crippen molar-refractivity contribution in [1.82, 2.24) is 15.0 Å². The largest absolute Gasteiger partial charge is 0.394 e. The molecule has 2 aromatic rings. The van der Waals surface area contributed by atoms with Crippen molar-refractivity contribution < 1.29 is 9.50 Å². The average molecular weight is 293 g/mol. The lowest BCUT2D eigenvalue weighted by molar-refractivity contribution is 0.212. The summed E-state index contributed by atoms with van der Waals surface area (Å²) < 4.78 is 14.0. The van der Waals surface area contributed by atoms with Gasteiger partial charge in [-0.25, -0.2) is 9.97 Å². The third-order valence-electron chi connectivity index (χ3n) is 3.43. The Morgan fingerprint density at radius 3 is 2.86 bits per heavy atom. The summed E-state index contributed by atoms with van der Waals surface area (Å²) in [7, 11) is 0. The zero-order chi connectivity index (χ0) is 15.5. The first-order valence-corrected chi connectivity index (χ1v) is 6.96. The molecule has 0 aliphatic heterocycles. The van der Waals surface area contributed by atoms with Crippen molar-refractivity contribution in [1.29, 1.82) is 0 Å². The van der Waals surface area contributed by atoms with Crippen molar-refractivity contribution in [2.75, 3.05) is 17.7 Å². The van der Waals surface area contributed by atoms with Crippen molar-refractivity contribution >= 4 is 22.7 Å². The Labute approximate surface area is 122 Å². The number of aliphatic hydroxyl groups excluding tert-OH is 1. The maximum Gasteiger partial charge on any atom is 0.226 e. The highest BCUT2D eigenvalue weighted by Crippen LogP contribution is 2.27. The summed E-state index contributed by atoms with van der Waals surface area (Å²) in [5, 5.41) is 12.9. The monoisotopic (exact) mass is 293 g/mol. The number of hydrogen-bond donors (Lipinski definition) is 3. The van der Waals surface area contributed by atoms with Crippen LogP contribution in [0.15, 0.2) is 12.3 Å². The molecule has 0 aromatic carbocycles. The van der Waals surface area contributed by atoms with Crippen LogP contribution >= 0.6 is 0 Å². The molecule has 0 saturated heterocycles. The number of nitrogen functional groups attached to an aromatic ring is 1. The van der Waals surface area contributed by atoms with Crippen LogP contribution in [0, 0.1) is 5.95 Å². The van der Waals surface area contributed by atoms with E-state index in [1.165, 1.54) is 6.20 Å². The molecule has 0 aliphatic rings. The van der Waals surface area contributed by atoms with Crippen LogP contribution in [-0.4, -0.2) is 32.2 Å². The van der Waals surface area contributed by atoms with E-state index in [0.29, 0.717) is 5.52 Å². The lowest BCUT2D eigenvalue weighted by atomic mass is 9.95. The van der Waals surface area contributed by atoms with Crippen LogP contribution in [0.4, 0.5) is 16.2 Å². The first kappa shape index (κ1) is 15.4. The molecular weight excluding hydrogens is 273 g/mol. The maximum absolute atomic E-state index is 14.0. The topological polar surface area (TPSA) is 97.0 Å². The predicted octanol–water partition coefficient (Wildman–Crippen LogP) is 2.10. The summed E-state index contributed by atoms with van der Waals surface area (Å²) in [6, 6.07) is 1.57. The molecule has 4 N–H and O–H groups in total. The second-order valence-electron chi connectivity index (χ2n) is 5.37. The number of halogens is 1. The van der Waals surface area contributed by atoms with Gasteiger partial charge in [-0.3, -0.25) is 0 Å². The Balaban J connectivity index is 2.45. The summed E-state index contributed by atoms with van der Waals surface area (Å²) in [6.07, 6.45) is 3.99. The molecule has 6 nitrogen and oxygen atoms in total. The number of anilines is 2. The molecule has 0 spiro atoms. The molecule has 114 valence electrons. The Morgan fingerprint density at radius 2 is 2.19 bits per heavy atom. The van der Waals surface area contributed by atoms with Crippen molar-refractivity contribution in [3.63, 3.8) is 0 Å².